The molecule has 0 N–H and O–H groups in total. The van der Waals surface area contributed by atoms with Crippen molar-refractivity contribution in [3.63, 3.8) is 0 Å². The molecule has 0 saturated carbocycles. The van der Waals surface area contributed by atoms with Gasteiger partial charge >= 0.3 is 5.97 Å². The summed E-state index contributed by atoms with van der Waals surface area (Å²) < 4.78 is 6.35. The van der Waals surface area contributed by atoms with Gasteiger partial charge in [-0.2, -0.15) is 0 Å². The number of aryl methyl sites for hydroxylation is 1. The molecule has 4 aromatic rings. The second-order valence-electron chi connectivity index (χ2n) is 6.37. The summed E-state index contributed by atoms with van der Waals surface area (Å²) in [6.45, 7) is 1.98. The molecule has 0 aliphatic heterocycles. The van der Waals surface area contributed by atoms with Crippen LogP contribution in [0, 0.1) is 6.92 Å². The molecule has 1 unspecified atom stereocenters. The van der Waals surface area contributed by atoms with E-state index in [2.05, 4.69) is 4.98 Å². The summed E-state index contributed by atoms with van der Waals surface area (Å²) in [4.78, 5) is 32.2. The Labute approximate surface area is 165 Å². The third-order valence-corrected chi connectivity index (χ3v) is 5.71. The van der Waals surface area contributed by atoms with Crippen molar-refractivity contribution in [2.24, 2.45) is 0 Å². The van der Waals surface area contributed by atoms with Crippen LogP contribution < -0.4 is 5.56 Å². The van der Waals surface area contributed by atoms with Gasteiger partial charge in [-0.1, -0.05) is 60.7 Å². The molecule has 0 fully saturated rings. The minimum atomic E-state index is -0.889. The Hall–Kier alpha value is -3.25. The molecule has 0 bridgehead atoms. The van der Waals surface area contributed by atoms with E-state index in [0.29, 0.717) is 15.8 Å². The first kappa shape index (κ1) is 18.1. The van der Waals surface area contributed by atoms with E-state index >= 15 is 0 Å². The first-order valence-corrected chi connectivity index (χ1v) is 9.62. The molecule has 6 heteroatoms. The van der Waals surface area contributed by atoms with Crippen LogP contribution in [0.25, 0.3) is 21.3 Å². The molecule has 4 rings (SSSR count). The fraction of sp³-hybridized carbons (Fsp3) is 0.136. The van der Waals surface area contributed by atoms with Gasteiger partial charge in [-0.3, -0.25) is 9.36 Å². The van der Waals surface area contributed by atoms with Gasteiger partial charge in [0.05, 0.1) is 12.5 Å². The molecule has 1 atom stereocenters. The van der Waals surface area contributed by atoms with Crippen LogP contribution in [0.4, 0.5) is 0 Å². The first-order valence-electron chi connectivity index (χ1n) is 8.80. The van der Waals surface area contributed by atoms with Crippen LogP contribution in [0.3, 0.4) is 0 Å². The number of rotatable bonds is 4. The quantitative estimate of drug-likeness (QED) is 0.490. The number of esters is 1. The third kappa shape index (κ3) is 3.01. The zero-order valence-electron chi connectivity index (χ0n) is 15.5. The van der Waals surface area contributed by atoms with Gasteiger partial charge in [0.15, 0.2) is 6.04 Å². The highest BCUT2D eigenvalue weighted by molar-refractivity contribution is 7.19. The van der Waals surface area contributed by atoms with Gasteiger partial charge in [0, 0.05) is 10.4 Å². The molecule has 5 nitrogen and oxygen atoms in total. The Morgan fingerprint density at radius 3 is 2.36 bits per heavy atom. The van der Waals surface area contributed by atoms with Gasteiger partial charge in [-0.05, 0) is 18.1 Å². The molecule has 0 aliphatic carbocycles. The number of carbonyl (C=O) groups excluding carboxylic acids is 1. The van der Waals surface area contributed by atoms with Crippen molar-refractivity contribution >= 4 is 27.5 Å². The van der Waals surface area contributed by atoms with Crippen molar-refractivity contribution < 1.29 is 9.53 Å². The smallest absolute Gasteiger partial charge is 0.333 e. The maximum absolute atomic E-state index is 13.5. The summed E-state index contributed by atoms with van der Waals surface area (Å²) in [6, 6.07) is 18.0. The second kappa shape index (κ2) is 7.40. The number of fused-ring (bicyclic) bond motifs is 1. The number of thiophene rings is 1. The third-order valence-electron chi connectivity index (χ3n) is 4.69. The maximum Gasteiger partial charge on any atom is 0.333 e. The molecule has 0 aliphatic rings. The number of ether oxygens (including phenoxy) is 1. The van der Waals surface area contributed by atoms with Crippen molar-refractivity contribution in [1.82, 2.24) is 9.55 Å². The van der Waals surface area contributed by atoms with Crippen LogP contribution in [0.2, 0.25) is 0 Å². The average Bonchev–Trinajstić information content (AvgIpc) is 3.08. The molecule has 2 aromatic carbocycles. The van der Waals surface area contributed by atoms with Crippen LogP contribution in [0.15, 0.2) is 71.8 Å². The lowest BCUT2D eigenvalue weighted by atomic mass is 10.0. The highest BCUT2D eigenvalue weighted by Gasteiger charge is 2.27. The van der Waals surface area contributed by atoms with E-state index in [1.165, 1.54) is 29.3 Å². The molecule has 140 valence electrons. The van der Waals surface area contributed by atoms with E-state index in [-0.39, 0.29) is 5.56 Å². The first-order chi connectivity index (χ1) is 13.6. The fourth-order valence-corrected chi connectivity index (χ4v) is 4.41. The number of nitrogens with zero attached hydrogens (tertiary/aromatic N) is 2. The number of hydrogen-bond acceptors (Lipinski definition) is 5. The summed E-state index contributed by atoms with van der Waals surface area (Å²) in [5.74, 6) is -0.511. The van der Waals surface area contributed by atoms with E-state index in [1.807, 2.05) is 55.5 Å². The van der Waals surface area contributed by atoms with E-state index in [9.17, 15) is 9.59 Å². The molecular formula is C22H18N2O3S. The van der Waals surface area contributed by atoms with Crippen LogP contribution in [-0.4, -0.2) is 22.6 Å². The summed E-state index contributed by atoms with van der Waals surface area (Å²) in [7, 11) is 1.32. The van der Waals surface area contributed by atoms with Crippen LogP contribution in [-0.2, 0) is 9.53 Å². The minimum absolute atomic E-state index is 0.257. The van der Waals surface area contributed by atoms with Gasteiger partial charge in [0.1, 0.15) is 11.2 Å². The van der Waals surface area contributed by atoms with Gasteiger partial charge in [-0.15, -0.1) is 11.3 Å². The Morgan fingerprint density at radius 2 is 1.71 bits per heavy atom. The fourth-order valence-electron chi connectivity index (χ4n) is 3.41. The van der Waals surface area contributed by atoms with Gasteiger partial charge in [0.25, 0.3) is 5.56 Å². The zero-order valence-corrected chi connectivity index (χ0v) is 16.3. The molecule has 0 saturated heterocycles. The lowest BCUT2D eigenvalue weighted by Crippen LogP contribution is -2.31. The molecular weight excluding hydrogens is 372 g/mol. The molecule has 2 heterocycles. The van der Waals surface area contributed by atoms with Gasteiger partial charge in [-0.25, -0.2) is 9.78 Å². The number of hydrogen-bond donors (Lipinski definition) is 0. The van der Waals surface area contributed by atoms with E-state index in [1.54, 1.807) is 12.1 Å². The Kier molecular flexibility index (Phi) is 4.79. The SMILES string of the molecule is COC(=O)C(c1ccccc1)n1cnc2sc(C)c(-c3ccccc3)c2c1=O. The molecule has 0 spiro atoms. The van der Waals surface area contributed by atoms with Crippen LogP contribution >= 0.6 is 11.3 Å². The zero-order chi connectivity index (χ0) is 19.7. The van der Waals surface area contributed by atoms with Gasteiger partial charge in [0.2, 0.25) is 0 Å². The average molecular weight is 390 g/mol. The summed E-state index contributed by atoms with van der Waals surface area (Å²) >= 11 is 1.48. The van der Waals surface area contributed by atoms with E-state index < -0.39 is 12.0 Å². The van der Waals surface area contributed by atoms with Crippen molar-refractivity contribution in [2.45, 2.75) is 13.0 Å². The Morgan fingerprint density at radius 1 is 1.07 bits per heavy atom. The summed E-state index contributed by atoms with van der Waals surface area (Å²) in [5.41, 5.74) is 2.24. The molecule has 0 radical (unpaired) electrons. The monoisotopic (exact) mass is 390 g/mol. The van der Waals surface area contributed by atoms with Gasteiger partial charge < -0.3 is 4.74 Å². The van der Waals surface area contributed by atoms with Crippen LogP contribution in [0.1, 0.15) is 16.5 Å². The molecule has 0 amide bonds. The predicted octanol–water partition coefficient (Wildman–Crippen LogP) is 4.20. The van der Waals surface area contributed by atoms with Crippen molar-refractivity contribution in [3.8, 4) is 11.1 Å². The van der Waals surface area contributed by atoms with E-state index in [4.69, 9.17) is 4.74 Å². The standard InChI is InChI=1S/C22H18N2O3S/c1-14-17(15-9-5-3-6-10-15)18-20(28-14)23-13-24(21(18)25)19(22(26)27-2)16-11-7-4-8-12-16/h3-13,19H,1-2H3. The largest absolute Gasteiger partial charge is 0.467 e. The highest BCUT2D eigenvalue weighted by Crippen LogP contribution is 2.35. The minimum Gasteiger partial charge on any atom is -0.467 e. The Bertz CT molecular complexity index is 1200. The summed E-state index contributed by atoms with van der Waals surface area (Å²) in [5, 5.41) is 0.529. The second-order valence-corrected chi connectivity index (χ2v) is 7.58. The number of methoxy groups -OCH3 is 1. The predicted molar refractivity (Wildman–Crippen MR) is 111 cm³/mol. The Balaban J connectivity index is 1.99. The number of carbonyl (C=O) groups is 1. The molecule has 2 aromatic heterocycles. The molecule has 28 heavy (non-hydrogen) atoms. The lowest BCUT2D eigenvalue weighted by molar-refractivity contribution is -0.143. The maximum atomic E-state index is 13.5. The van der Waals surface area contributed by atoms with Crippen molar-refractivity contribution in [2.75, 3.05) is 7.11 Å². The number of aromatic nitrogens is 2. The van der Waals surface area contributed by atoms with E-state index in [0.717, 1.165) is 16.0 Å². The van der Waals surface area contributed by atoms with Crippen LogP contribution in [0.5, 0.6) is 0 Å². The lowest BCUT2D eigenvalue weighted by Gasteiger charge is -2.17. The normalized spacial score (nSPS) is 12.1. The highest BCUT2D eigenvalue weighted by atomic mass is 32.1. The van der Waals surface area contributed by atoms with Crippen molar-refractivity contribution in [1.29, 1.82) is 0 Å². The topological polar surface area (TPSA) is 61.2 Å². The number of benzene rings is 2. The summed E-state index contributed by atoms with van der Waals surface area (Å²) in [6.07, 6.45) is 1.43. The van der Waals surface area contributed by atoms with Crippen molar-refractivity contribution in [3.05, 3.63) is 87.8 Å².